The van der Waals surface area contributed by atoms with E-state index in [4.69, 9.17) is 0 Å². The van der Waals surface area contributed by atoms with E-state index in [1.807, 2.05) is 13.1 Å². The lowest BCUT2D eigenvalue weighted by molar-refractivity contribution is 0.591. The number of aryl methyl sites for hydroxylation is 1. The van der Waals surface area contributed by atoms with Crippen LogP contribution in [0.4, 0.5) is 4.39 Å². The minimum atomic E-state index is -3.74. The van der Waals surface area contributed by atoms with E-state index in [0.717, 1.165) is 42.0 Å². The van der Waals surface area contributed by atoms with Gasteiger partial charge in [0.05, 0.1) is 9.79 Å². The van der Waals surface area contributed by atoms with Crippen molar-refractivity contribution in [2.24, 2.45) is 7.05 Å². The van der Waals surface area contributed by atoms with E-state index >= 15 is 0 Å². The first-order valence-corrected chi connectivity index (χ1v) is 9.28. The minimum Gasteiger partial charge on any atom is -0.347 e. The maximum Gasteiger partial charge on any atom is 0.206 e. The van der Waals surface area contributed by atoms with E-state index in [1.54, 1.807) is 12.1 Å². The molecular formula is C18H17FN2O2S. The van der Waals surface area contributed by atoms with Crippen LogP contribution in [0, 0.1) is 5.82 Å². The first-order valence-electron chi connectivity index (χ1n) is 7.80. The quantitative estimate of drug-likeness (QED) is 0.778. The Labute approximate surface area is 139 Å². The van der Waals surface area contributed by atoms with Crippen molar-refractivity contribution in [3.05, 3.63) is 59.5 Å². The highest BCUT2D eigenvalue weighted by molar-refractivity contribution is 7.91. The zero-order valence-electron chi connectivity index (χ0n) is 13.2. The molecule has 24 heavy (non-hydrogen) atoms. The van der Waals surface area contributed by atoms with Gasteiger partial charge in [0.15, 0.2) is 0 Å². The third-order valence-corrected chi connectivity index (χ3v) is 6.41. The zero-order chi connectivity index (χ0) is 16.9. The van der Waals surface area contributed by atoms with Crippen LogP contribution in [0.3, 0.4) is 0 Å². The van der Waals surface area contributed by atoms with Gasteiger partial charge in [-0.2, -0.15) is 0 Å². The molecular weight excluding hydrogens is 327 g/mol. The van der Waals surface area contributed by atoms with Crippen LogP contribution in [0.2, 0.25) is 0 Å². The van der Waals surface area contributed by atoms with Crippen LogP contribution in [0.5, 0.6) is 0 Å². The highest BCUT2D eigenvalue weighted by atomic mass is 32.2. The van der Waals surface area contributed by atoms with E-state index in [-0.39, 0.29) is 9.79 Å². The second-order valence-corrected chi connectivity index (χ2v) is 8.00. The molecule has 0 bridgehead atoms. The van der Waals surface area contributed by atoms with Crippen LogP contribution in [0.1, 0.15) is 11.3 Å². The molecule has 1 N–H and O–H groups in total. The maximum absolute atomic E-state index is 13.4. The van der Waals surface area contributed by atoms with Gasteiger partial charge in [-0.15, -0.1) is 0 Å². The first-order chi connectivity index (χ1) is 11.5. The topological polar surface area (TPSA) is 51.1 Å². The van der Waals surface area contributed by atoms with E-state index in [9.17, 15) is 12.8 Å². The fourth-order valence-corrected chi connectivity index (χ4v) is 4.74. The summed E-state index contributed by atoms with van der Waals surface area (Å²) in [4.78, 5) is 0.171. The molecule has 124 valence electrons. The summed E-state index contributed by atoms with van der Waals surface area (Å²) in [6.45, 7) is 1.65. The summed E-state index contributed by atoms with van der Waals surface area (Å²) in [6.07, 6.45) is 0.923. The third kappa shape index (κ3) is 2.25. The lowest BCUT2D eigenvalue weighted by Crippen LogP contribution is -2.24. The number of nitrogens with one attached hydrogen (secondary N) is 1. The second-order valence-electron chi connectivity index (χ2n) is 6.05. The fraction of sp³-hybridized carbons (Fsp3) is 0.222. The van der Waals surface area contributed by atoms with Crippen LogP contribution in [-0.2, 0) is 29.9 Å². The Kier molecular flexibility index (Phi) is 3.47. The lowest BCUT2D eigenvalue weighted by atomic mass is 10.1. The van der Waals surface area contributed by atoms with Gasteiger partial charge in [0.2, 0.25) is 9.84 Å². The second kappa shape index (κ2) is 5.43. The number of sulfone groups is 1. The van der Waals surface area contributed by atoms with Gasteiger partial charge in [0.25, 0.3) is 0 Å². The van der Waals surface area contributed by atoms with Crippen LogP contribution in [-0.4, -0.2) is 19.5 Å². The molecule has 0 aliphatic carbocycles. The lowest BCUT2D eigenvalue weighted by Gasteiger charge is -2.14. The molecule has 0 fully saturated rings. The van der Waals surface area contributed by atoms with Gasteiger partial charge in [-0.1, -0.05) is 6.07 Å². The molecule has 4 rings (SSSR count). The van der Waals surface area contributed by atoms with Crippen molar-refractivity contribution >= 4 is 20.7 Å². The van der Waals surface area contributed by atoms with Crippen LogP contribution in [0.15, 0.2) is 52.3 Å². The van der Waals surface area contributed by atoms with Crippen LogP contribution >= 0.6 is 0 Å². The Morgan fingerprint density at radius 1 is 1.12 bits per heavy atom. The minimum absolute atomic E-state index is 0.0234. The molecule has 6 heteroatoms. The number of rotatable bonds is 2. The molecule has 0 saturated heterocycles. The van der Waals surface area contributed by atoms with E-state index < -0.39 is 15.7 Å². The number of fused-ring (bicyclic) bond motifs is 3. The Balaban J connectivity index is 1.92. The number of benzene rings is 2. The monoisotopic (exact) mass is 344 g/mol. The predicted octanol–water partition coefficient (Wildman–Crippen LogP) is 2.80. The molecule has 3 aromatic rings. The van der Waals surface area contributed by atoms with Crippen molar-refractivity contribution in [1.82, 2.24) is 9.88 Å². The van der Waals surface area contributed by atoms with Crippen molar-refractivity contribution < 1.29 is 12.8 Å². The maximum atomic E-state index is 13.4. The van der Waals surface area contributed by atoms with Gasteiger partial charge >= 0.3 is 0 Å². The number of nitrogens with zero attached hydrogens (tertiary/aromatic N) is 1. The van der Waals surface area contributed by atoms with Gasteiger partial charge in [-0.3, -0.25) is 0 Å². The molecule has 0 spiro atoms. The molecule has 0 unspecified atom stereocenters. The summed E-state index contributed by atoms with van der Waals surface area (Å²) in [7, 11) is -1.73. The largest absolute Gasteiger partial charge is 0.347 e. The first kappa shape index (κ1) is 15.4. The van der Waals surface area contributed by atoms with Gasteiger partial charge < -0.3 is 9.88 Å². The molecule has 0 radical (unpaired) electrons. The normalized spacial score (nSPS) is 14.8. The van der Waals surface area contributed by atoms with Gasteiger partial charge in [-0.25, -0.2) is 12.8 Å². The Morgan fingerprint density at radius 3 is 2.71 bits per heavy atom. The molecule has 0 atom stereocenters. The standard InChI is InChI=1S/C18H17FN2O2S/c1-21-17-6-5-14(10-15(17)16-11-20-8-7-18(16)21)24(22,23)13-4-2-3-12(19)9-13/h2-6,9-10,20H,7-8,11H2,1H3. The van der Waals surface area contributed by atoms with Gasteiger partial charge in [0, 0.05) is 43.2 Å². The van der Waals surface area contributed by atoms with Gasteiger partial charge in [0.1, 0.15) is 5.82 Å². The summed E-state index contributed by atoms with van der Waals surface area (Å²) in [5, 5.41) is 4.27. The molecule has 2 aromatic carbocycles. The van der Waals surface area contributed by atoms with Gasteiger partial charge in [-0.05, 0) is 42.0 Å². The third-order valence-electron chi connectivity index (χ3n) is 4.66. The van der Waals surface area contributed by atoms with E-state index in [1.165, 1.54) is 23.9 Å². The summed E-state index contributed by atoms with van der Waals surface area (Å²) >= 11 is 0. The van der Waals surface area contributed by atoms with Crippen molar-refractivity contribution in [3.63, 3.8) is 0 Å². The van der Waals surface area contributed by atoms with Crippen molar-refractivity contribution in [2.45, 2.75) is 22.8 Å². The number of hydrogen-bond donors (Lipinski definition) is 1. The molecule has 1 aromatic heterocycles. The Bertz CT molecular complexity index is 1050. The van der Waals surface area contributed by atoms with Crippen molar-refractivity contribution in [2.75, 3.05) is 6.54 Å². The van der Waals surface area contributed by atoms with E-state index in [0.29, 0.717) is 0 Å². The Morgan fingerprint density at radius 2 is 1.92 bits per heavy atom. The summed E-state index contributed by atoms with van der Waals surface area (Å²) in [6, 6.07) is 10.3. The molecule has 4 nitrogen and oxygen atoms in total. The van der Waals surface area contributed by atoms with E-state index in [2.05, 4.69) is 9.88 Å². The number of aromatic nitrogens is 1. The van der Waals surface area contributed by atoms with Crippen molar-refractivity contribution in [1.29, 1.82) is 0 Å². The smallest absolute Gasteiger partial charge is 0.206 e. The zero-order valence-corrected chi connectivity index (χ0v) is 14.0. The SMILES string of the molecule is Cn1c2c(c3cc(S(=O)(=O)c4cccc(F)c4)ccc31)CNCC2. The summed E-state index contributed by atoms with van der Waals surface area (Å²) in [5.41, 5.74) is 3.40. The average molecular weight is 344 g/mol. The molecule has 1 aliphatic heterocycles. The highest BCUT2D eigenvalue weighted by Gasteiger charge is 2.22. The molecule has 0 saturated carbocycles. The predicted molar refractivity (Wildman–Crippen MR) is 90.2 cm³/mol. The molecule has 2 heterocycles. The summed E-state index contributed by atoms with van der Waals surface area (Å²) in [5.74, 6) is -0.557. The van der Waals surface area contributed by atoms with Crippen LogP contribution < -0.4 is 5.32 Å². The summed E-state index contributed by atoms with van der Waals surface area (Å²) < 4.78 is 41.2. The molecule has 0 amide bonds. The number of hydrogen-bond acceptors (Lipinski definition) is 3. The number of halogens is 1. The van der Waals surface area contributed by atoms with Crippen LogP contribution in [0.25, 0.3) is 10.9 Å². The Hall–Kier alpha value is -2.18. The highest BCUT2D eigenvalue weighted by Crippen LogP contribution is 2.31. The average Bonchev–Trinajstić information content (AvgIpc) is 2.88. The van der Waals surface area contributed by atoms with Crippen molar-refractivity contribution in [3.8, 4) is 0 Å². The fourth-order valence-electron chi connectivity index (χ4n) is 3.43. The molecule has 1 aliphatic rings.